The van der Waals surface area contributed by atoms with Gasteiger partial charge in [-0.2, -0.15) is 0 Å². The summed E-state index contributed by atoms with van der Waals surface area (Å²) < 4.78 is 14.7. The molecule has 0 spiro atoms. The van der Waals surface area contributed by atoms with E-state index in [1.807, 2.05) is 0 Å². The van der Waals surface area contributed by atoms with Crippen molar-refractivity contribution in [2.75, 3.05) is 5.01 Å². The Labute approximate surface area is 163 Å². The Kier molecular flexibility index (Phi) is 4.40. The van der Waals surface area contributed by atoms with E-state index in [0.717, 1.165) is 5.01 Å². The van der Waals surface area contributed by atoms with Gasteiger partial charge in [0, 0.05) is 24.0 Å². The van der Waals surface area contributed by atoms with Crippen LogP contribution in [0.15, 0.2) is 72.4 Å². The number of halogens is 1. The smallest absolute Gasteiger partial charge is 0.282 e. The first-order chi connectivity index (χ1) is 13.9. The molecule has 4 rings (SSSR count). The Morgan fingerprint density at radius 2 is 1.76 bits per heavy atom. The molecule has 2 heterocycles. The lowest BCUT2D eigenvalue weighted by Gasteiger charge is -2.14. The highest BCUT2D eigenvalue weighted by Gasteiger charge is 2.34. The van der Waals surface area contributed by atoms with E-state index in [9.17, 15) is 24.1 Å². The predicted molar refractivity (Wildman–Crippen MR) is 102 cm³/mol. The molecule has 0 atom stereocenters. The Morgan fingerprint density at radius 3 is 2.48 bits per heavy atom. The fourth-order valence-electron chi connectivity index (χ4n) is 2.98. The van der Waals surface area contributed by atoms with Crippen LogP contribution in [-0.2, 0) is 9.59 Å². The van der Waals surface area contributed by atoms with E-state index in [2.05, 4.69) is 5.43 Å². The van der Waals surface area contributed by atoms with Crippen molar-refractivity contribution in [1.82, 2.24) is 9.99 Å². The lowest BCUT2D eigenvalue weighted by molar-refractivity contribution is -0.384. The number of non-ortho nitro benzene ring substituents is 1. The van der Waals surface area contributed by atoms with Gasteiger partial charge >= 0.3 is 0 Å². The molecule has 9 heteroatoms. The number of carbonyl (C=O) groups is 2. The summed E-state index contributed by atoms with van der Waals surface area (Å²) in [6.45, 7) is 0. The number of aromatic nitrogens is 1. The average Bonchev–Trinajstić information content (AvgIpc) is 3.29. The molecule has 0 aliphatic carbocycles. The molecule has 1 N–H and O–H groups in total. The van der Waals surface area contributed by atoms with E-state index in [0.29, 0.717) is 17.1 Å². The van der Waals surface area contributed by atoms with Gasteiger partial charge < -0.3 is 4.57 Å². The lowest BCUT2D eigenvalue weighted by Crippen LogP contribution is -2.35. The molecule has 3 aromatic rings. The minimum Gasteiger partial charge on any atom is -0.317 e. The van der Waals surface area contributed by atoms with Gasteiger partial charge in [-0.1, -0.05) is 6.07 Å². The number of nitrogens with zero attached hydrogens (tertiary/aromatic N) is 3. The van der Waals surface area contributed by atoms with Crippen molar-refractivity contribution in [2.24, 2.45) is 0 Å². The summed E-state index contributed by atoms with van der Waals surface area (Å²) in [4.78, 5) is 35.6. The fourth-order valence-corrected chi connectivity index (χ4v) is 2.98. The van der Waals surface area contributed by atoms with E-state index in [1.54, 1.807) is 35.0 Å². The zero-order valence-electron chi connectivity index (χ0n) is 14.8. The zero-order valence-corrected chi connectivity index (χ0v) is 14.8. The SMILES string of the molecule is O=C1NN(c2ccc(F)cc2)C(=O)/C1=C/c1cccn1-c1cccc([N+](=O)[O-])c1. The first-order valence-corrected chi connectivity index (χ1v) is 8.49. The average molecular weight is 392 g/mol. The number of nitrogens with one attached hydrogen (secondary N) is 1. The molecule has 1 fully saturated rings. The van der Waals surface area contributed by atoms with E-state index < -0.39 is 22.6 Å². The van der Waals surface area contributed by atoms with Crippen LogP contribution in [0.25, 0.3) is 11.8 Å². The largest absolute Gasteiger partial charge is 0.317 e. The molecule has 0 saturated carbocycles. The molecule has 0 radical (unpaired) electrons. The van der Waals surface area contributed by atoms with Crippen molar-refractivity contribution < 1.29 is 18.9 Å². The van der Waals surface area contributed by atoms with Crippen LogP contribution >= 0.6 is 0 Å². The van der Waals surface area contributed by atoms with E-state index in [1.165, 1.54) is 42.5 Å². The second kappa shape index (κ2) is 7.04. The second-order valence-corrected chi connectivity index (χ2v) is 6.20. The number of hydrazine groups is 1. The Balaban J connectivity index is 1.69. The van der Waals surface area contributed by atoms with Gasteiger partial charge in [-0.05, 0) is 48.5 Å². The quantitative estimate of drug-likeness (QED) is 0.319. The highest BCUT2D eigenvalue weighted by molar-refractivity contribution is 6.31. The molecular formula is C20H13FN4O4. The number of carbonyl (C=O) groups excluding carboxylic acids is 2. The van der Waals surface area contributed by atoms with Gasteiger partial charge in [-0.25, -0.2) is 9.40 Å². The maximum Gasteiger partial charge on any atom is 0.282 e. The maximum atomic E-state index is 13.1. The van der Waals surface area contributed by atoms with Crippen LogP contribution in [-0.4, -0.2) is 21.3 Å². The summed E-state index contributed by atoms with van der Waals surface area (Å²) >= 11 is 0. The van der Waals surface area contributed by atoms with E-state index in [4.69, 9.17) is 0 Å². The number of anilines is 1. The molecule has 0 unspecified atom stereocenters. The fraction of sp³-hybridized carbons (Fsp3) is 0. The Bertz CT molecular complexity index is 1170. The number of hydrogen-bond acceptors (Lipinski definition) is 4. The molecule has 1 aliphatic rings. The summed E-state index contributed by atoms with van der Waals surface area (Å²) in [5, 5.41) is 12.1. The van der Waals surface area contributed by atoms with Gasteiger partial charge in [-0.3, -0.25) is 25.1 Å². The van der Waals surface area contributed by atoms with Crippen LogP contribution in [0, 0.1) is 15.9 Å². The molecule has 8 nitrogen and oxygen atoms in total. The molecule has 1 aromatic heterocycles. The van der Waals surface area contributed by atoms with Crippen LogP contribution in [0.3, 0.4) is 0 Å². The molecule has 1 aliphatic heterocycles. The number of rotatable bonds is 4. The summed E-state index contributed by atoms with van der Waals surface area (Å²) in [5.41, 5.74) is 3.58. The van der Waals surface area contributed by atoms with Gasteiger partial charge in [0.05, 0.1) is 16.3 Å². The third-order valence-corrected chi connectivity index (χ3v) is 4.37. The van der Waals surface area contributed by atoms with Crippen LogP contribution < -0.4 is 10.4 Å². The van der Waals surface area contributed by atoms with Gasteiger partial charge in [0.25, 0.3) is 17.5 Å². The Morgan fingerprint density at radius 1 is 1.00 bits per heavy atom. The highest BCUT2D eigenvalue weighted by Crippen LogP contribution is 2.24. The summed E-state index contributed by atoms with van der Waals surface area (Å²) in [7, 11) is 0. The van der Waals surface area contributed by atoms with Crippen LogP contribution in [0.4, 0.5) is 15.8 Å². The first kappa shape index (κ1) is 18.1. The zero-order chi connectivity index (χ0) is 20.5. The first-order valence-electron chi connectivity index (χ1n) is 8.49. The van der Waals surface area contributed by atoms with Gasteiger partial charge in [0.1, 0.15) is 11.4 Å². The third-order valence-electron chi connectivity index (χ3n) is 4.37. The monoisotopic (exact) mass is 392 g/mol. The van der Waals surface area contributed by atoms with Crippen molar-refractivity contribution in [3.63, 3.8) is 0 Å². The molecule has 1 saturated heterocycles. The normalized spacial score (nSPS) is 15.1. The predicted octanol–water partition coefficient (Wildman–Crippen LogP) is 2.99. The summed E-state index contributed by atoms with van der Waals surface area (Å²) in [6, 6.07) is 14.5. The minimum absolute atomic E-state index is 0.0769. The number of benzene rings is 2. The number of nitro groups is 1. The maximum absolute atomic E-state index is 13.1. The molecule has 144 valence electrons. The molecular weight excluding hydrogens is 379 g/mol. The van der Waals surface area contributed by atoms with Gasteiger partial charge in [0.15, 0.2) is 0 Å². The van der Waals surface area contributed by atoms with Crippen molar-refractivity contribution in [3.8, 4) is 5.69 Å². The van der Waals surface area contributed by atoms with E-state index in [-0.39, 0.29) is 11.3 Å². The van der Waals surface area contributed by atoms with Crippen molar-refractivity contribution in [3.05, 3.63) is 94.1 Å². The van der Waals surface area contributed by atoms with E-state index >= 15 is 0 Å². The van der Waals surface area contributed by atoms with Crippen molar-refractivity contribution in [1.29, 1.82) is 0 Å². The highest BCUT2D eigenvalue weighted by atomic mass is 19.1. The molecule has 29 heavy (non-hydrogen) atoms. The van der Waals surface area contributed by atoms with Crippen molar-refractivity contribution in [2.45, 2.75) is 0 Å². The minimum atomic E-state index is -0.605. The molecule has 0 bridgehead atoms. The second-order valence-electron chi connectivity index (χ2n) is 6.20. The number of hydrogen-bond donors (Lipinski definition) is 1. The molecule has 2 aromatic carbocycles. The van der Waals surface area contributed by atoms with Crippen LogP contribution in [0.1, 0.15) is 5.69 Å². The standard InChI is InChI=1S/C20H13FN4O4/c21-13-6-8-14(9-7-13)24-20(27)18(19(26)22-24)12-16-5-2-10-23(16)15-3-1-4-17(11-15)25(28)29/h1-12H,(H,22,26)/b18-12+. The Hall–Kier alpha value is -4.27. The van der Waals surface area contributed by atoms with Crippen LogP contribution in [0.5, 0.6) is 0 Å². The van der Waals surface area contributed by atoms with Crippen LogP contribution in [0.2, 0.25) is 0 Å². The van der Waals surface area contributed by atoms with Gasteiger partial charge in [0.2, 0.25) is 0 Å². The number of amides is 2. The summed E-state index contributed by atoms with van der Waals surface area (Å²) in [6.07, 6.45) is 3.07. The topological polar surface area (TPSA) is 97.5 Å². The van der Waals surface area contributed by atoms with Crippen molar-refractivity contribution >= 4 is 29.3 Å². The third kappa shape index (κ3) is 3.36. The number of nitro benzene ring substituents is 1. The lowest BCUT2D eigenvalue weighted by atomic mass is 10.2. The summed E-state index contributed by atoms with van der Waals surface area (Å²) in [5.74, 6) is -1.66. The van der Waals surface area contributed by atoms with Gasteiger partial charge in [-0.15, -0.1) is 0 Å². The molecule has 2 amide bonds.